The number of carbonyl (C=O) groups is 1. The smallest absolute Gasteiger partial charge is 0.269 e. The van der Waals surface area contributed by atoms with Crippen LogP contribution in [-0.2, 0) is 0 Å². The summed E-state index contributed by atoms with van der Waals surface area (Å²) in [5, 5.41) is 26.6. The number of nitrogens with zero attached hydrogens (tertiary/aromatic N) is 6. The summed E-state index contributed by atoms with van der Waals surface area (Å²) in [4.78, 5) is 26.7. The van der Waals surface area contributed by atoms with Crippen molar-refractivity contribution < 1.29 is 9.72 Å². The normalized spacial score (nSPS) is 10.8. The van der Waals surface area contributed by atoms with Crippen molar-refractivity contribution in [2.75, 3.05) is 5.32 Å². The third-order valence-corrected chi connectivity index (χ3v) is 4.98. The monoisotopic (exact) mass is 437 g/mol. The minimum Gasteiger partial charge on any atom is -0.322 e. The van der Waals surface area contributed by atoms with Crippen LogP contribution in [0.1, 0.15) is 10.4 Å². The first-order valence-electron chi connectivity index (χ1n) is 9.87. The lowest BCUT2D eigenvalue weighted by Crippen LogP contribution is -2.11. The van der Waals surface area contributed by atoms with Gasteiger partial charge in [0.25, 0.3) is 11.6 Å². The molecule has 3 heterocycles. The molecule has 160 valence electrons. The molecule has 0 saturated heterocycles. The molecule has 0 bridgehead atoms. The van der Waals surface area contributed by atoms with Crippen LogP contribution in [0.3, 0.4) is 0 Å². The maximum atomic E-state index is 12.4. The molecule has 0 saturated carbocycles. The van der Waals surface area contributed by atoms with Gasteiger partial charge in [-0.25, -0.2) is 0 Å². The highest BCUT2D eigenvalue weighted by atomic mass is 16.6. The number of nitro benzene ring substituents is 1. The molecule has 0 radical (unpaired) electrons. The Labute approximate surface area is 186 Å². The highest BCUT2D eigenvalue weighted by molar-refractivity contribution is 6.04. The zero-order chi connectivity index (χ0) is 22.8. The van der Waals surface area contributed by atoms with Gasteiger partial charge in [0, 0.05) is 46.9 Å². The van der Waals surface area contributed by atoms with E-state index in [0.717, 1.165) is 11.1 Å². The van der Waals surface area contributed by atoms with Gasteiger partial charge in [-0.1, -0.05) is 12.1 Å². The lowest BCUT2D eigenvalue weighted by molar-refractivity contribution is -0.384. The number of hydrogen-bond acceptors (Lipinski definition) is 7. The number of nitro groups is 1. The summed E-state index contributed by atoms with van der Waals surface area (Å²) in [5.74, 6) is 0.255. The van der Waals surface area contributed by atoms with Gasteiger partial charge >= 0.3 is 0 Å². The van der Waals surface area contributed by atoms with E-state index in [0.29, 0.717) is 28.4 Å². The SMILES string of the molecule is O=C(Nc1ccc(-c2ccc3nnc(-c4ccncc4)n3n2)cc1)c1ccc([N+](=O)[O-])cc1. The first-order valence-corrected chi connectivity index (χ1v) is 9.87. The minimum absolute atomic E-state index is 0.0689. The van der Waals surface area contributed by atoms with Gasteiger partial charge in [0.1, 0.15) is 0 Å². The van der Waals surface area contributed by atoms with Gasteiger partial charge in [0.15, 0.2) is 11.5 Å². The Morgan fingerprint density at radius 3 is 2.27 bits per heavy atom. The number of benzene rings is 2. The number of fused-ring (bicyclic) bond motifs is 1. The molecule has 0 aliphatic carbocycles. The van der Waals surface area contributed by atoms with Crippen molar-refractivity contribution in [3.8, 4) is 22.6 Å². The van der Waals surface area contributed by atoms with Crippen molar-refractivity contribution in [1.29, 1.82) is 0 Å². The van der Waals surface area contributed by atoms with Crippen LogP contribution in [0, 0.1) is 10.1 Å². The molecule has 1 N–H and O–H groups in total. The number of nitrogens with one attached hydrogen (secondary N) is 1. The fraction of sp³-hybridized carbons (Fsp3) is 0. The first kappa shape index (κ1) is 19.9. The summed E-state index contributed by atoms with van der Waals surface area (Å²) in [5.41, 5.74) is 3.88. The Bertz CT molecular complexity index is 1460. The van der Waals surface area contributed by atoms with Gasteiger partial charge in [-0.15, -0.1) is 10.2 Å². The average Bonchev–Trinajstić information content (AvgIpc) is 3.28. The molecule has 10 nitrogen and oxygen atoms in total. The molecule has 0 fully saturated rings. The summed E-state index contributed by atoms with van der Waals surface area (Å²) < 4.78 is 1.68. The zero-order valence-electron chi connectivity index (χ0n) is 17.0. The quantitative estimate of drug-likeness (QED) is 0.325. The van der Waals surface area contributed by atoms with Crippen molar-refractivity contribution in [2.45, 2.75) is 0 Å². The average molecular weight is 437 g/mol. The molecule has 5 aromatic rings. The Hall–Kier alpha value is -4.99. The third-order valence-electron chi connectivity index (χ3n) is 4.98. The van der Waals surface area contributed by atoms with E-state index in [-0.39, 0.29) is 11.6 Å². The maximum Gasteiger partial charge on any atom is 0.269 e. The molecular weight excluding hydrogens is 422 g/mol. The van der Waals surface area contributed by atoms with E-state index in [1.54, 1.807) is 29.0 Å². The molecule has 2 aromatic carbocycles. The van der Waals surface area contributed by atoms with Crippen molar-refractivity contribution in [2.24, 2.45) is 0 Å². The van der Waals surface area contributed by atoms with Gasteiger partial charge in [-0.2, -0.15) is 9.61 Å². The summed E-state index contributed by atoms with van der Waals surface area (Å²) in [6, 6.07) is 20.0. The van der Waals surface area contributed by atoms with Crippen molar-refractivity contribution >= 4 is 22.9 Å². The number of anilines is 1. The highest BCUT2D eigenvalue weighted by Crippen LogP contribution is 2.23. The summed E-state index contributed by atoms with van der Waals surface area (Å²) in [6.07, 6.45) is 3.37. The van der Waals surface area contributed by atoms with E-state index in [2.05, 4.69) is 25.6 Å². The lowest BCUT2D eigenvalue weighted by atomic mass is 10.1. The number of non-ortho nitro benzene ring substituents is 1. The molecule has 0 unspecified atom stereocenters. The summed E-state index contributed by atoms with van der Waals surface area (Å²) >= 11 is 0. The molecule has 5 rings (SSSR count). The van der Waals surface area contributed by atoms with Crippen molar-refractivity contribution in [3.63, 3.8) is 0 Å². The van der Waals surface area contributed by atoms with Gasteiger partial charge < -0.3 is 5.32 Å². The third kappa shape index (κ3) is 4.00. The highest BCUT2D eigenvalue weighted by Gasteiger charge is 2.12. The van der Waals surface area contributed by atoms with E-state index in [1.165, 1.54) is 24.3 Å². The van der Waals surface area contributed by atoms with Crippen LogP contribution in [0.5, 0.6) is 0 Å². The Morgan fingerprint density at radius 1 is 0.848 bits per heavy atom. The van der Waals surface area contributed by atoms with E-state index < -0.39 is 4.92 Å². The molecule has 10 heteroatoms. The maximum absolute atomic E-state index is 12.4. The minimum atomic E-state index is -0.508. The van der Waals surface area contributed by atoms with E-state index in [1.807, 2.05) is 36.4 Å². The summed E-state index contributed by atoms with van der Waals surface area (Å²) in [7, 11) is 0. The van der Waals surface area contributed by atoms with Crippen LogP contribution in [0.4, 0.5) is 11.4 Å². The standard InChI is InChI=1S/C23H15N7O3/c31-23(17-3-7-19(8-4-17)30(32)33)25-18-5-1-15(2-6-18)20-9-10-21-26-27-22(29(21)28-20)16-11-13-24-14-12-16/h1-14H,(H,25,31). The number of pyridine rings is 1. The van der Waals surface area contributed by atoms with E-state index in [9.17, 15) is 14.9 Å². The topological polar surface area (TPSA) is 128 Å². The van der Waals surface area contributed by atoms with Gasteiger partial charge in [-0.3, -0.25) is 19.9 Å². The van der Waals surface area contributed by atoms with Crippen LogP contribution < -0.4 is 5.32 Å². The molecule has 3 aromatic heterocycles. The summed E-state index contributed by atoms with van der Waals surface area (Å²) in [6.45, 7) is 0. The molecule has 0 spiro atoms. The molecule has 0 aliphatic rings. The van der Waals surface area contributed by atoms with Gasteiger partial charge in [0.2, 0.25) is 0 Å². The van der Waals surface area contributed by atoms with Crippen LogP contribution in [0.25, 0.3) is 28.3 Å². The second-order valence-corrected chi connectivity index (χ2v) is 7.08. The molecule has 0 atom stereocenters. The Morgan fingerprint density at radius 2 is 1.58 bits per heavy atom. The Kier molecular flexibility index (Phi) is 5.00. The molecular formula is C23H15N7O3. The van der Waals surface area contributed by atoms with Gasteiger partial charge in [-0.05, 0) is 48.5 Å². The molecule has 1 amide bonds. The number of aromatic nitrogens is 5. The first-order chi connectivity index (χ1) is 16.1. The van der Waals surface area contributed by atoms with Gasteiger partial charge in [0.05, 0.1) is 10.6 Å². The van der Waals surface area contributed by atoms with Crippen LogP contribution in [0.2, 0.25) is 0 Å². The largest absolute Gasteiger partial charge is 0.322 e. The fourth-order valence-corrected chi connectivity index (χ4v) is 3.29. The number of rotatable bonds is 5. The zero-order valence-corrected chi connectivity index (χ0v) is 17.0. The number of carbonyl (C=O) groups excluding carboxylic acids is 1. The number of amides is 1. The second-order valence-electron chi connectivity index (χ2n) is 7.08. The van der Waals surface area contributed by atoms with Crippen molar-refractivity contribution in [3.05, 3.63) is 101 Å². The predicted molar refractivity (Wildman–Crippen MR) is 120 cm³/mol. The lowest BCUT2D eigenvalue weighted by Gasteiger charge is -2.07. The predicted octanol–water partition coefficient (Wildman–Crippen LogP) is 4.01. The van der Waals surface area contributed by atoms with Crippen LogP contribution >= 0.6 is 0 Å². The molecule has 33 heavy (non-hydrogen) atoms. The van der Waals surface area contributed by atoms with Crippen LogP contribution in [-0.4, -0.2) is 35.6 Å². The van der Waals surface area contributed by atoms with E-state index >= 15 is 0 Å². The van der Waals surface area contributed by atoms with Crippen LogP contribution in [0.15, 0.2) is 85.2 Å². The van der Waals surface area contributed by atoms with E-state index in [4.69, 9.17) is 0 Å². The van der Waals surface area contributed by atoms with Crippen molar-refractivity contribution in [1.82, 2.24) is 24.8 Å². The second kappa shape index (κ2) is 8.27. The fourth-order valence-electron chi connectivity index (χ4n) is 3.29. The number of hydrogen-bond donors (Lipinski definition) is 1. The molecule has 0 aliphatic heterocycles. The Balaban J connectivity index is 1.37.